The third-order valence-electron chi connectivity index (χ3n) is 3.15. The Bertz CT molecular complexity index is 459. The Morgan fingerprint density at radius 2 is 2.21 bits per heavy atom. The summed E-state index contributed by atoms with van der Waals surface area (Å²) in [5.41, 5.74) is -0.919. The minimum Gasteiger partial charge on any atom is -0.394 e. The number of hydrogen-bond donors (Lipinski definition) is 1. The number of nitrogens with zero attached hydrogens (tertiary/aromatic N) is 2. The molecule has 0 spiro atoms. The Kier molecular flexibility index (Phi) is 3.75. The zero-order valence-electron chi connectivity index (χ0n) is 10.0. The quantitative estimate of drug-likeness (QED) is 0.893. The first-order valence-electron chi connectivity index (χ1n) is 5.88. The summed E-state index contributed by atoms with van der Waals surface area (Å²) in [6.07, 6.45) is -2.10. The Hall–Kier alpha value is -1.63. The van der Waals surface area contributed by atoms with E-state index in [9.17, 15) is 18.0 Å². The van der Waals surface area contributed by atoms with E-state index in [2.05, 4.69) is 4.98 Å². The van der Waals surface area contributed by atoms with Crippen LogP contribution in [-0.4, -0.2) is 40.1 Å². The molecule has 1 N–H and O–H groups in total. The Morgan fingerprint density at radius 3 is 2.74 bits per heavy atom. The number of pyridine rings is 1. The van der Waals surface area contributed by atoms with Gasteiger partial charge in [0.15, 0.2) is 0 Å². The van der Waals surface area contributed by atoms with Crippen molar-refractivity contribution in [1.82, 2.24) is 9.88 Å². The average Bonchev–Trinajstić information content (AvgIpc) is 2.85. The Morgan fingerprint density at radius 1 is 1.47 bits per heavy atom. The van der Waals surface area contributed by atoms with Gasteiger partial charge in [-0.15, -0.1) is 0 Å². The first-order chi connectivity index (χ1) is 8.93. The molecule has 0 radical (unpaired) electrons. The van der Waals surface area contributed by atoms with Crippen molar-refractivity contribution < 1.29 is 23.1 Å². The van der Waals surface area contributed by atoms with Crippen molar-refractivity contribution in [3.8, 4) is 0 Å². The van der Waals surface area contributed by atoms with Gasteiger partial charge in [0.2, 0.25) is 0 Å². The van der Waals surface area contributed by atoms with Gasteiger partial charge in [-0.05, 0) is 25.0 Å². The van der Waals surface area contributed by atoms with Crippen LogP contribution in [-0.2, 0) is 6.18 Å². The van der Waals surface area contributed by atoms with E-state index >= 15 is 0 Å². The molecular formula is C12H13F3N2O2. The first kappa shape index (κ1) is 13.8. The number of alkyl halides is 3. The van der Waals surface area contributed by atoms with Crippen LogP contribution in [0.5, 0.6) is 0 Å². The second-order valence-electron chi connectivity index (χ2n) is 4.41. The molecule has 1 fully saturated rings. The number of halogens is 3. The highest BCUT2D eigenvalue weighted by Gasteiger charge is 2.33. The van der Waals surface area contributed by atoms with Crippen molar-refractivity contribution in [2.24, 2.45) is 0 Å². The Balaban J connectivity index is 2.16. The fourth-order valence-electron chi connectivity index (χ4n) is 2.15. The molecule has 0 saturated carbocycles. The molecule has 1 unspecified atom stereocenters. The molecular weight excluding hydrogens is 261 g/mol. The van der Waals surface area contributed by atoms with Crippen molar-refractivity contribution in [3.63, 3.8) is 0 Å². The number of likely N-dealkylation sites (tertiary alicyclic amines) is 1. The highest BCUT2D eigenvalue weighted by atomic mass is 19.4. The normalized spacial score (nSPS) is 19.8. The number of hydrogen-bond acceptors (Lipinski definition) is 3. The van der Waals surface area contributed by atoms with Crippen LogP contribution in [0.3, 0.4) is 0 Å². The molecule has 4 nitrogen and oxygen atoms in total. The minimum atomic E-state index is -4.51. The lowest BCUT2D eigenvalue weighted by Gasteiger charge is -2.22. The van der Waals surface area contributed by atoms with E-state index in [-0.39, 0.29) is 18.2 Å². The summed E-state index contributed by atoms with van der Waals surface area (Å²) in [4.78, 5) is 16.8. The summed E-state index contributed by atoms with van der Waals surface area (Å²) in [6, 6.07) is 1.65. The number of aromatic nitrogens is 1. The van der Waals surface area contributed by atoms with Gasteiger partial charge in [0.25, 0.3) is 5.91 Å². The molecule has 1 amide bonds. The molecule has 19 heavy (non-hydrogen) atoms. The van der Waals surface area contributed by atoms with Crippen LogP contribution in [0.2, 0.25) is 0 Å². The van der Waals surface area contributed by atoms with Gasteiger partial charge in [-0.25, -0.2) is 0 Å². The zero-order valence-corrected chi connectivity index (χ0v) is 10.0. The van der Waals surface area contributed by atoms with Gasteiger partial charge in [-0.3, -0.25) is 9.78 Å². The monoisotopic (exact) mass is 274 g/mol. The lowest BCUT2D eigenvalue weighted by molar-refractivity contribution is -0.141. The number of rotatable bonds is 2. The van der Waals surface area contributed by atoms with Crippen LogP contribution >= 0.6 is 0 Å². The van der Waals surface area contributed by atoms with Crippen LogP contribution < -0.4 is 0 Å². The van der Waals surface area contributed by atoms with Crippen LogP contribution in [0.25, 0.3) is 0 Å². The predicted molar refractivity (Wildman–Crippen MR) is 60.4 cm³/mol. The maximum absolute atomic E-state index is 12.3. The third kappa shape index (κ3) is 2.86. The van der Waals surface area contributed by atoms with E-state index in [4.69, 9.17) is 5.11 Å². The standard InChI is InChI=1S/C12H13F3N2O2/c13-12(14,15)10-4-3-8(6-16-10)11(19)17-5-1-2-9(17)7-18/h3-4,6,9,18H,1-2,5,7H2. The van der Waals surface area contributed by atoms with Gasteiger partial charge in [0.1, 0.15) is 5.69 Å². The number of aliphatic hydroxyl groups excluding tert-OH is 1. The van der Waals surface area contributed by atoms with Crippen molar-refractivity contribution in [3.05, 3.63) is 29.6 Å². The summed E-state index contributed by atoms with van der Waals surface area (Å²) in [5, 5.41) is 9.12. The predicted octanol–water partition coefficient (Wildman–Crippen LogP) is 1.70. The fraction of sp³-hybridized carbons (Fsp3) is 0.500. The molecule has 1 atom stereocenters. The van der Waals surface area contributed by atoms with E-state index in [1.807, 2.05) is 0 Å². The van der Waals surface area contributed by atoms with Crippen molar-refractivity contribution >= 4 is 5.91 Å². The van der Waals surface area contributed by atoms with Gasteiger partial charge in [0.05, 0.1) is 18.2 Å². The van der Waals surface area contributed by atoms with Gasteiger partial charge in [0, 0.05) is 12.7 Å². The molecule has 0 aliphatic carbocycles. The van der Waals surface area contributed by atoms with E-state index in [0.29, 0.717) is 13.0 Å². The molecule has 1 aliphatic heterocycles. The second-order valence-corrected chi connectivity index (χ2v) is 4.41. The number of amides is 1. The molecule has 1 saturated heterocycles. The largest absolute Gasteiger partial charge is 0.433 e. The highest BCUT2D eigenvalue weighted by molar-refractivity contribution is 5.94. The van der Waals surface area contributed by atoms with Crippen molar-refractivity contribution in [2.75, 3.05) is 13.2 Å². The van der Waals surface area contributed by atoms with Gasteiger partial charge < -0.3 is 10.0 Å². The first-order valence-corrected chi connectivity index (χ1v) is 5.88. The summed E-state index contributed by atoms with van der Waals surface area (Å²) in [7, 11) is 0. The summed E-state index contributed by atoms with van der Waals surface area (Å²) < 4.78 is 37.0. The van der Waals surface area contributed by atoms with Gasteiger partial charge in [-0.2, -0.15) is 13.2 Å². The number of carbonyl (C=O) groups is 1. The SMILES string of the molecule is O=C(c1ccc(C(F)(F)F)nc1)N1CCCC1CO. The van der Waals surface area contributed by atoms with Crippen LogP contribution in [0.15, 0.2) is 18.3 Å². The third-order valence-corrected chi connectivity index (χ3v) is 3.15. The average molecular weight is 274 g/mol. The molecule has 104 valence electrons. The zero-order chi connectivity index (χ0) is 14.0. The summed E-state index contributed by atoms with van der Waals surface area (Å²) >= 11 is 0. The second kappa shape index (κ2) is 5.16. The Labute approximate surface area is 107 Å². The number of carbonyl (C=O) groups excluding carboxylic acids is 1. The smallest absolute Gasteiger partial charge is 0.394 e. The van der Waals surface area contributed by atoms with Gasteiger partial charge >= 0.3 is 6.18 Å². The van der Waals surface area contributed by atoms with Crippen LogP contribution in [0.1, 0.15) is 28.9 Å². The molecule has 1 aromatic rings. The summed E-state index contributed by atoms with van der Waals surface area (Å²) in [6.45, 7) is 0.366. The lowest BCUT2D eigenvalue weighted by atomic mass is 10.2. The van der Waals surface area contributed by atoms with Crippen molar-refractivity contribution in [2.45, 2.75) is 25.1 Å². The van der Waals surface area contributed by atoms with E-state index in [0.717, 1.165) is 24.8 Å². The molecule has 1 aromatic heterocycles. The van der Waals surface area contributed by atoms with Crippen LogP contribution in [0.4, 0.5) is 13.2 Å². The fourth-order valence-corrected chi connectivity index (χ4v) is 2.15. The maximum atomic E-state index is 12.3. The maximum Gasteiger partial charge on any atom is 0.433 e. The molecule has 0 bridgehead atoms. The highest BCUT2D eigenvalue weighted by Crippen LogP contribution is 2.27. The number of aliphatic hydroxyl groups is 1. The topological polar surface area (TPSA) is 53.4 Å². The molecule has 2 heterocycles. The molecule has 0 aromatic carbocycles. The van der Waals surface area contributed by atoms with E-state index < -0.39 is 17.8 Å². The lowest BCUT2D eigenvalue weighted by Crippen LogP contribution is -2.37. The molecule has 2 rings (SSSR count). The van der Waals surface area contributed by atoms with E-state index in [1.54, 1.807) is 0 Å². The molecule has 7 heteroatoms. The van der Waals surface area contributed by atoms with Gasteiger partial charge in [-0.1, -0.05) is 0 Å². The van der Waals surface area contributed by atoms with Crippen molar-refractivity contribution in [1.29, 1.82) is 0 Å². The summed E-state index contributed by atoms with van der Waals surface area (Å²) in [5.74, 6) is -0.391. The van der Waals surface area contributed by atoms with E-state index in [1.165, 1.54) is 4.90 Å². The minimum absolute atomic E-state index is 0.105. The molecule has 1 aliphatic rings. The van der Waals surface area contributed by atoms with Crippen LogP contribution in [0, 0.1) is 0 Å².